The van der Waals surface area contributed by atoms with Gasteiger partial charge in [-0.3, -0.25) is 4.79 Å². The Bertz CT molecular complexity index is 203. The van der Waals surface area contributed by atoms with Crippen LogP contribution in [0.1, 0.15) is 19.8 Å². The van der Waals surface area contributed by atoms with E-state index in [1.54, 1.807) is 0 Å². The second-order valence-corrected chi connectivity index (χ2v) is 5.31. The Kier molecular flexibility index (Phi) is 5.47. The molecule has 4 heteroatoms. The predicted molar refractivity (Wildman–Crippen MR) is 64.2 cm³/mol. The summed E-state index contributed by atoms with van der Waals surface area (Å²) in [5.74, 6) is 3.00. The molecule has 0 aromatic carbocycles. The van der Waals surface area contributed by atoms with E-state index >= 15 is 0 Å². The summed E-state index contributed by atoms with van der Waals surface area (Å²) >= 11 is 1.99. The highest BCUT2D eigenvalue weighted by atomic mass is 32.2. The molecule has 0 radical (unpaired) electrons. The number of thioether (sulfide) groups is 1. The number of rotatable bonds is 5. The zero-order valence-corrected chi connectivity index (χ0v) is 10.7. The summed E-state index contributed by atoms with van der Waals surface area (Å²) in [6.45, 7) is 2.34. The molecule has 3 nitrogen and oxygen atoms in total. The van der Waals surface area contributed by atoms with Crippen LogP contribution < -0.4 is 0 Å². The SMILES string of the molecule is CCOC(=O)CC(C1CCSC1)N(C)C. The van der Waals surface area contributed by atoms with Crippen molar-refractivity contribution in [3.63, 3.8) is 0 Å². The van der Waals surface area contributed by atoms with E-state index in [-0.39, 0.29) is 5.97 Å². The van der Waals surface area contributed by atoms with Crippen LogP contribution in [0.5, 0.6) is 0 Å². The molecule has 1 rings (SSSR count). The van der Waals surface area contributed by atoms with E-state index < -0.39 is 0 Å². The van der Waals surface area contributed by atoms with E-state index in [4.69, 9.17) is 4.74 Å². The zero-order valence-electron chi connectivity index (χ0n) is 9.86. The van der Waals surface area contributed by atoms with E-state index in [0.717, 1.165) is 0 Å². The molecule has 0 amide bonds. The lowest BCUT2D eigenvalue weighted by molar-refractivity contribution is -0.144. The second kappa shape index (κ2) is 6.38. The Hall–Kier alpha value is -0.220. The zero-order chi connectivity index (χ0) is 11.3. The lowest BCUT2D eigenvalue weighted by Gasteiger charge is -2.28. The fourth-order valence-corrected chi connectivity index (χ4v) is 3.35. The Morgan fingerprint density at radius 1 is 1.60 bits per heavy atom. The molecule has 1 heterocycles. The summed E-state index contributed by atoms with van der Waals surface area (Å²) in [7, 11) is 4.10. The first-order chi connectivity index (χ1) is 7.15. The molecule has 0 spiro atoms. The third kappa shape index (κ3) is 4.03. The van der Waals surface area contributed by atoms with Gasteiger partial charge in [-0.15, -0.1) is 0 Å². The van der Waals surface area contributed by atoms with Crippen LogP contribution >= 0.6 is 11.8 Å². The van der Waals surface area contributed by atoms with Crippen LogP contribution in [0.2, 0.25) is 0 Å². The van der Waals surface area contributed by atoms with Gasteiger partial charge in [-0.1, -0.05) is 0 Å². The molecule has 0 aromatic rings. The van der Waals surface area contributed by atoms with Gasteiger partial charge in [0, 0.05) is 6.04 Å². The fourth-order valence-electron chi connectivity index (χ4n) is 2.02. The van der Waals surface area contributed by atoms with Gasteiger partial charge in [-0.05, 0) is 44.9 Å². The van der Waals surface area contributed by atoms with Gasteiger partial charge >= 0.3 is 5.97 Å². The van der Waals surface area contributed by atoms with Crippen molar-refractivity contribution in [1.29, 1.82) is 0 Å². The number of ether oxygens (including phenoxy) is 1. The highest BCUT2D eigenvalue weighted by Crippen LogP contribution is 2.29. The molecule has 1 saturated heterocycles. The quantitative estimate of drug-likeness (QED) is 0.673. The monoisotopic (exact) mass is 231 g/mol. The first-order valence-electron chi connectivity index (χ1n) is 5.55. The van der Waals surface area contributed by atoms with Gasteiger partial charge in [-0.25, -0.2) is 0 Å². The third-order valence-electron chi connectivity index (χ3n) is 2.85. The molecule has 2 atom stereocenters. The van der Waals surface area contributed by atoms with Gasteiger partial charge < -0.3 is 9.64 Å². The topological polar surface area (TPSA) is 29.5 Å². The molecule has 0 bridgehead atoms. The van der Waals surface area contributed by atoms with E-state index in [1.807, 2.05) is 32.8 Å². The average Bonchev–Trinajstić information content (AvgIpc) is 2.66. The Morgan fingerprint density at radius 2 is 2.33 bits per heavy atom. The van der Waals surface area contributed by atoms with Gasteiger partial charge in [0.1, 0.15) is 0 Å². The highest BCUT2D eigenvalue weighted by Gasteiger charge is 2.29. The first kappa shape index (κ1) is 12.8. The summed E-state index contributed by atoms with van der Waals surface area (Å²) in [6, 6.07) is 0.346. The van der Waals surface area contributed by atoms with Crippen LogP contribution in [-0.2, 0) is 9.53 Å². The number of esters is 1. The van der Waals surface area contributed by atoms with Crippen molar-refractivity contribution in [3.05, 3.63) is 0 Å². The normalized spacial score (nSPS) is 23.1. The minimum Gasteiger partial charge on any atom is -0.466 e. The largest absolute Gasteiger partial charge is 0.466 e. The third-order valence-corrected chi connectivity index (χ3v) is 4.04. The summed E-state index contributed by atoms with van der Waals surface area (Å²) < 4.78 is 5.01. The minimum atomic E-state index is -0.0619. The Morgan fingerprint density at radius 3 is 2.80 bits per heavy atom. The van der Waals surface area contributed by atoms with Crippen LogP contribution in [-0.4, -0.2) is 49.1 Å². The van der Waals surface area contributed by atoms with Crippen LogP contribution in [0.4, 0.5) is 0 Å². The van der Waals surface area contributed by atoms with Crippen LogP contribution in [0, 0.1) is 5.92 Å². The van der Waals surface area contributed by atoms with Gasteiger partial charge in [0.25, 0.3) is 0 Å². The molecule has 0 aliphatic carbocycles. The number of nitrogens with zero attached hydrogens (tertiary/aromatic N) is 1. The molecule has 1 aliphatic rings. The molecule has 0 aromatic heterocycles. The molecular formula is C11H21NO2S. The number of carbonyl (C=O) groups is 1. The van der Waals surface area contributed by atoms with E-state index in [1.165, 1.54) is 17.9 Å². The van der Waals surface area contributed by atoms with Gasteiger partial charge in [0.2, 0.25) is 0 Å². The Balaban J connectivity index is 2.46. The molecule has 88 valence electrons. The first-order valence-corrected chi connectivity index (χ1v) is 6.70. The lowest BCUT2D eigenvalue weighted by Crippen LogP contribution is -2.37. The molecule has 0 saturated carbocycles. The molecule has 0 N–H and O–H groups in total. The standard InChI is InChI=1S/C11H21NO2S/c1-4-14-11(13)7-10(12(2)3)9-5-6-15-8-9/h9-10H,4-8H2,1-3H3. The minimum absolute atomic E-state index is 0.0619. The van der Waals surface area contributed by atoms with Crippen LogP contribution in [0.25, 0.3) is 0 Å². The average molecular weight is 231 g/mol. The van der Waals surface area contributed by atoms with Crippen molar-refractivity contribution >= 4 is 17.7 Å². The van der Waals surface area contributed by atoms with E-state index in [2.05, 4.69) is 4.90 Å². The van der Waals surface area contributed by atoms with Crippen molar-refractivity contribution in [2.24, 2.45) is 5.92 Å². The summed E-state index contributed by atoms with van der Waals surface area (Å²) in [4.78, 5) is 13.6. The van der Waals surface area contributed by atoms with Crippen molar-refractivity contribution in [2.75, 3.05) is 32.2 Å². The summed E-state index contributed by atoms with van der Waals surface area (Å²) in [6.07, 6.45) is 1.76. The maximum absolute atomic E-state index is 11.5. The molecule has 2 unspecified atom stereocenters. The second-order valence-electron chi connectivity index (χ2n) is 4.16. The molecule has 1 aliphatic heterocycles. The number of carbonyl (C=O) groups excluding carboxylic acids is 1. The van der Waals surface area contributed by atoms with Crippen molar-refractivity contribution in [3.8, 4) is 0 Å². The maximum Gasteiger partial charge on any atom is 0.307 e. The smallest absolute Gasteiger partial charge is 0.307 e. The van der Waals surface area contributed by atoms with Crippen LogP contribution in [0.15, 0.2) is 0 Å². The summed E-state index contributed by atoms with van der Waals surface area (Å²) in [5.41, 5.74) is 0. The molecule has 1 fully saturated rings. The van der Waals surface area contributed by atoms with Crippen molar-refractivity contribution < 1.29 is 9.53 Å². The lowest BCUT2D eigenvalue weighted by atomic mass is 9.95. The number of hydrogen-bond donors (Lipinski definition) is 0. The predicted octanol–water partition coefficient (Wildman–Crippen LogP) is 1.62. The van der Waals surface area contributed by atoms with Crippen LogP contribution in [0.3, 0.4) is 0 Å². The van der Waals surface area contributed by atoms with Gasteiger partial charge in [0.05, 0.1) is 13.0 Å². The van der Waals surface area contributed by atoms with Gasteiger partial charge in [-0.2, -0.15) is 11.8 Å². The van der Waals surface area contributed by atoms with Gasteiger partial charge in [0.15, 0.2) is 0 Å². The Labute approximate surface area is 96.5 Å². The van der Waals surface area contributed by atoms with Crippen molar-refractivity contribution in [2.45, 2.75) is 25.8 Å². The fraction of sp³-hybridized carbons (Fsp3) is 0.909. The highest BCUT2D eigenvalue weighted by molar-refractivity contribution is 7.99. The van der Waals surface area contributed by atoms with E-state index in [0.29, 0.717) is 25.0 Å². The summed E-state index contributed by atoms with van der Waals surface area (Å²) in [5, 5.41) is 0. The molecule has 15 heavy (non-hydrogen) atoms. The number of hydrogen-bond acceptors (Lipinski definition) is 4. The van der Waals surface area contributed by atoms with E-state index in [9.17, 15) is 4.79 Å². The molecular weight excluding hydrogens is 210 g/mol. The van der Waals surface area contributed by atoms with Crippen molar-refractivity contribution in [1.82, 2.24) is 4.90 Å². The maximum atomic E-state index is 11.5.